The lowest BCUT2D eigenvalue weighted by atomic mass is 9.99. The molecule has 1 unspecified atom stereocenters. The molecule has 0 fully saturated rings. The van der Waals surface area contributed by atoms with Crippen LogP contribution in [0.15, 0.2) is 60.7 Å². The van der Waals surface area contributed by atoms with Gasteiger partial charge in [-0.25, -0.2) is 0 Å². The molecule has 6 heteroatoms. The minimum Gasteiger partial charge on any atom is -0.348 e. The van der Waals surface area contributed by atoms with Crippen LogP contribution in [0.25, 0.3) is 0 Å². The zero-order chi connectivity index (χ0) is 17.2. The Morgan fingerprint density at radius 2 is 1.52 bits per heavy atom. The normalized spacial score (nSPS) is 11.1. The van der Waals surface area contributed by atoms with E-state index in [1.165, 1.54) is 5.56 Å². The van der Waals surface area contributed by atoms with Crippen LogP contribution < -0.4 is 16.4 Å². The first-order chi connectivity index (χ1) is 11.7. The summed E-state index contributed by atoms with van der Waals surface area (Å²) in [4.78, 5) is 23.3. The van der Waals surface area contributed by atoms with Crippen LogP contribution in [0.1, 0.15) is 23.6 Å². The topological polar surface area (TPSA) is 84.2 Å². The van der Waals surface area contributed by atoms with E-state index in [2.05, 4.69) is 22.8 Å². The van der Waals surface area contributed by atoms with Gasteiger partial charge in [0.1, 0.15) is 0 Å². The maximum absolute atomic E-state index is 12.1. The average Bonchev–Trinajstić information content (AvgIpc) is 2.64. The molecule has 2 rings (SSSR count). The van der Waals surface area contributed by atoms with Crippen molar-refractivity contribution in [1.82, 2.24) is 10.6 Å². The summed E-state index contributed by atoms with van der Waals surface area (Å²) in [5.41, 5.74) is 7.49. The number of halogens is 1. The zero-order valence-electron chi connectivity index (χ0n) is 14.0. The fourth-order valence-corrected chi connectivity index (χ4v) is 2.46. The molecule has 1 atom stereocenters. The highest BCUT2D eigenvalue weighted by molar-refractivity contribution is 5.85. The minimum atomic E-state index is -0.342. The molecule has 0 aliphatic rings. The molecule has 25 heavy (non-hydrogen) atoms. The number of rotatable bonds is 8. The lowest BCUT2D eigenvalue weighted by Crippen LogP contribution is -2.40. The first-order valence-corrected chi connectivity index (χ1v) is 8.04. The van der Waals surface area contributed by atoms with E-state index in [1.807, 2.05) is 48.5 Å². The Bertz CT molecular complexity index is 650. The molecule has 0 heterocycles. The van der Waals surface area contributed by atoms with Crippen LogP contribution in [0.2, 0.25) is 0 Å². The molecule has 134 valence electrons. The van der Waals surface area contributed by atoms with Crippen molar-refractivity contribution in [2.75, 3.05) is 13.1 Å². The predicted molar refractivity (Wildman–Crippen MR) is 101 cm³/mol. The van der Waals surface area contributed by atoms with E-state index in [4.69, 9.17) is 5.73 Å². The third kappa shape index (κ3) is 7.37. The molecule has 0 radical (unpaired) electrons. The van der Waals surface area contributed by atoms with E-state index in [0.717, 1.165) is 18.4 Å². The lowest BCUT2D eigenvalue weighted by Gasteiger charge is -2.19. The Labute approximate surface area is 154 Å². The van der Waals surface area contributed by atoms with Gasteiger partial charge in [0, 0.05) is 0 Å². The Balaban J connectivity index is 0.00000312. The average molecular weight is 362 g/mol. The quantitative estimate of drug-likeness (QED) is 0.672. The molecule has 2 aromatic rings. The van der Waals surface area contributed by atoms with E-state index in [-0.39, 0.29) is 43.4 Å². The van der Waals surface area contributed by atoms with Crippen molar-refractivity contribution >= 4 is 24.2 Å². The Morgan fingerprint density at radius 3 is 2.12 bits per heavy atom. The molecule has 2 amide bonds. The highest BCUT2D eigenvalue weighted by Crippen LogP contribution is 2.19. The van der Waals surface area contributed by atoms with Gasteiger partial charge in [0.2, 0.25) is 11.8 Å². The molecule has 4 N–H and O–H groups in total. The summed E-state index contributed by atoms with van der Waals surface area (Å²) in [5.74, 6) is -0.565. The number of benzene rings is 2. The van der Waals surface area contributed by atoms with E-state index < -0.39 is 0 Å². The predicted octanol–water partition coefficient (Wildman–Crippen LogP) is 1.97. The summed E-state index contributed by atoms with van der Waals surface area (Å²) in [6, 6.07) is 19.9. The second-order valence-corrected chi connectivity index (χ2v) is 5.54. The first-order valence-electron chi connectivity index (χ1n) is 8.04. The van der Waals surface area contributed by atoms with Gasteiger partial charge in [-0.15, -0.1) is 12.4 Å². The number of carbonyl (C=O) groups excluding carboxylic acids is 2. The number of hydrogen-bond acceptors (Lipinski definition) is 3. The molecule has 0 bridgehead atoms. The molecule has 0 saturated carbocycles. The number of nitrogens with one attached hydrogen (secondary N) is 2. The summed E-state index contributed by atoms with van der Waals surface area (Å²) in [5, 5.41) is 5.48. The van der Waals surface area contributed by atoms with Gasteiger partial charge in [-0.1, -0.05) is 60.7 Å². The van der Waals surface area contributed by atoms with Gasteiger partial charge in [-0.05, 0) is 24.0 Å². The molecule has 0 aromatic heterocycles. The third-order valence-electron chi connectivity index (χ3n) is 3.73. The van der Waals surface area contributed by atoms with Crippen LogP contribution in [0.4, 0.5) is 0 Å². The smallest absolute Gasteiger partial charge is 0.239 e. The van der Waals surface area contributed by atoms with Gasteiger partial charge in [0.05, 0.1) is 19.1 Å². The summed E-state index contributed by atoms with van der Waals surface area (Å²) < 4.78 is 0. The molecule has 0 aliphatic carbocycles. The zero-order valence-corrected chi connectivity index (χ0v) is 14.8. The Morgan fingerprint density at radius 1 is 0.920 bits per heavy atom. The van der Waals surface area contributed by atoms with Gasteiger partial charge in [-0.3, -0.25) is 9.59 Å². The lowest BCUT2D eigenvalue weighted by molar-refractivity contribution is -0.125. The third-order valence-corrected chi connectivity index (χ3v) is 3.73. The molecule has 0 spiro atoms. The molecular formula is C19H24ClN3O2. The molecule has 0 saturated heterocycles. The minimum absolute atomic E-state index is 0. The summed E-state index contributed by atoms with van der Waals surface area (Å²) in [7, 11) is 0. The molecular weight excluding hydrogens is 338 g/mol. The first kappa shape index (κ1) is 20.7. The van der Waals surface area contributed by atoms with Gasteiger partial charge in [-0.2, -0.15) is 0 Å². The number of aryl methyl sites for hydroxylation is 1. The largest absolute Gasteiger partial charge is 0.348 e. The maximum atomic E-state index is 12.1. The van der Waals surface area contributed by atoms with E-state index in [9.17, 15) is 9.59 Å². The van der Waals surface area contributed by atoms with Crippen molar-refractivity contribution in [2.24, 2.45) is 5.73 Å². The van der Waals surface area contributed by atoms with Crippen LogP contribution >= 0.6 is 12.4 Å². The summed E-state index contributed by atoms with van der Waals surface area (Å²) in [6.45, 7) is -0.186. The summed E-state index contributed by atoms with van der Waals surface area (Å²) >= 11 is 0. The second kappa shape index (κ2) is 11.2. The molecule has 0 aliphatic heterocycles. The van der Waals surface area contributed by atoms with Crippen molar-refractivity contribution < 1.29 is 9.59 Å². The van der Waals surface area contributed by atoms with Crippen LogP contribution in [0.3, 0.4) is 0 Å². The van der Waals surface area contributed by atoms with Gasteiger partial charge in [0.25, 0.3) is 0 Å². The Hall–Kier alpha value is -2.37. The summed E-state index contributed by atoms with van der Waals surface area (Å²) in [6.07, 6.45) is 1.64. The monoisotopic (exact) mass is 361 g/mol. The van der Waals surface area contributed by atoms with E-state index >= 15 is 0 Å². The van der Waals surface area contributed by atoms with Crippen LogP contribution in [-0.4, -0.2) is 24.9 Å². The number of amides is 2. The highest BCUT2D eigenvalue weighted by Gasteiger charge is 2.15. The van der Waals surface area contributed by atoms with Crippen LogP contribution in [-0.2, 0) is 16.0 Å². The molecule has 5 nitrogen and oxygen atoms in total. The van der Waals surface area contributed by atoms with Crippen LogP contribution in [0.5, 0.6) is 0 Å². The maximum Gasteiger partial charge on any atom is 0.239 e. The van der Waals surface area contributed by atoms with Gasteiger partial charge in [0.15, 0.2) is 0 Å². The van der Waals surface area contributed by atoms with Gasteiger partial charge < -0.3 is 16.4 Å². The van der Waals surface area contributed by atoms with E-state index in [1.54, 1.807) is 0 Å². The van der Waals surface area contributed by atoms with Crippen molar-refractivity contribution in [2.45, 2.75) is 18.9 Å². The number of carbonyl (C=O) groups is 2. The van der Waals surface area contributed by atoms with Crippen LogP contribution in [0, 0.1) is 0 Å². The SMILES string of the molecule is Cl.NCC(=O)NCC(=O)NC(CCc1ccccc1)c1ccccc1. The fraction of sp³-hybridized carbons (Fsp3) is 0.263. The van der Waals surface area contributed by atoms with Gasteiger partial charge >= 0.3 is 0 Å². The fourth-order valence-electron chi connectivity index (χ4n) is 2.46. The second-order valence-electron chi connectivity index (χ2n) is 5.54. The standard InChI is InChI=1S/C19H23N3O2.ClH/c20-13-18(23)21-14-19(24)22-17(16-9-5-2-6-10-16)12-11-15-7-3-1-4-8-15;/h1-10,17H,11-14,20H2,(H,21,23)(H,22,24);1H. The van der Waals surface area contributed by atoms with Crippen molar-refractivity contribution in [3.63, 3.8) is 0 Å². The van der Waals surface area contributed by atoms with Crippen molar-refractivity contribution in [3.05, 3.63) is 71.8 Å². The van der Waals surface area contributed by atoms with Crippen molar-refractivity contribution in [3.8, 4) is 0 Å². The number of hydrogen-bond donors (Lipinski definition) is 3. The van der Waals surface area contributed by atoms with Crippen molar-refractivity contribution in [1.29, 1.82) is 0 Å². The Kier molecular flexibility index (Phi) is 9.29. The highest BCUT2D eigenvalue weighted by atomic mass is 35.5. The molecule has 2 aromatic carbocycles. The van der Waals surface area contributed by atoms with E-state index in [0.29, 0.717) is 0 Å². The number of nitrogens with two attached hydrogens (primary N) is 1.